The number of aromatic nitrogens is 2. The van der Waals surface area contributed by atoms with Crippen molar-refractivity contribution >= 4 is 5.91 Å². The van der Waals surface area contributed by atoms with Gasteiger partial charge in [0.05, 0.1) is 12.1 Å². The maximum Gasteiger partial charge on any atom is 0.225 e. The molecule has 1 saturated carbocycles. The molecule has 0 bridgehead atoms. The van der Waals surface area contributed by atoms with Crippen molar-refractivity contribution in [2.24, 2.45) is 13.0 Å². The van der Waals surface area contributed by atoms with Crippen LogP contribution in [0.25, 0.3) is 0 Å². The second-order valence-corrected chi connectivity index (χ2v) is 6.81. The molecule has 2 fully saturated rings. The highest BCUT2D eigenvalue weighted by molar-refractivity contribution is 5.80. The number of hydrogen-bond donors (Lipinski definition) is 2. The van der Waals surface area contributed by atoms with Crippen molar-refractivity contribution in [3.8, 4) is 0 Å². The first-order valence-electron chi connectivity index (χ1n) is 8.25. The number of carbonyl (C=O) groups excluding carboxylic acids is 1. The van der Waals surface area contributed by atoms with Gasteiger partial charge in [-0.25, -0.2) is 0 Å². The summed E-state index contributed by atoms with van der Waals surface area (Å²) >= 11 is 0. The predicted molar refractivity (Wildman–Crippen MR) is 85.6 cm³/mol. The van der Waals surface area contributed by atoms with Gasteiger partial charge in [-0.15, -0.1) is 0 Å². The van der Waals surface area contributed by atoms with Gasteiger partial charge in [-0.2, -0.15) is 5.10 Å². The molecular weight excluding hydrogens is 278 g/mol. The van der Waals surface area contributed by atoms with Gasteiger partial charge in [0.1, 0.15) is 0 Å². The highest BCUT2D eigenvalue weighted by atomic mass is 16.1. The van der Waals surface area contributed by atoms with Gasteiger partial charge in [0, 0.05) is 50.9 Å². The molecule has 0 radical (unpaired) electrons. The summed E-state index contributed by atoms with van der Waals surface area (Å²) in [4.78, 5) is 14.9. The summed E-state index contributed by atoms with van der Waals surface area (Å²) in [5.74, 6) is 0.391. The third-order valence-electron chi connectivity index (χ3n) is 5.09. The van der Waals surface area contributed by atoms with Gasteiger partial charge in [0.2, 0.25) is 5.91 Å². The predicted octanol–water partition coefficient (Wildman–Crippen LogP) is 0.322. The van der Waals surface area contributed by atoms with Crippen molar-refractivity contribution in [3.63, 3.8) is 0 Å². The van der Waals surface area contributed by atoms with Crippen molar-refractivity contribution in [1.29, 1.82) is 0 Å². The summed E-state index contributed by atoms with van der Waals surface area (Å²) in [5, 5.41) is 10.7. The summed E-state index contributed by atoms with van der Waals surface area (Å²) in [5.41, 5.74) is 1.15. The fourth-order valence-electron chi connectivity index (χ4n) is 3.30. The minimum absolute atomic E-state index is 0.00244. The van der Waals surface area contributed by atoms with Gasteiger partial charge in [-0.3, -0.25) is 14.4 Å². The number of nitrogens with zero attached hydrogens (tertiary/aromatic N) is 3. The summed E-state index contributed by atoms with van der Waals surface area (Å²) in [6.45, 7) is 4.51. The number of rotatable bonds is 6. The van der Waals surface area contributed by atoms with E-state index >= 15 is 0 Å². The lowest BCUT2D eigenvalue weighted by Crippen LogP contribution is -2.43. The van der Waals surface area contributed by atoms with E-state index in [1.807, 2.05) is 19.4 Å². The molecule has 22 heavy (non-hydrogen) atoms. The summed E-state index contributed by atoms with van der Waals surface area (Å²) in [7, 11) is 4.07. The fraction of sp³-hybridized carbons (Fsp3) is 0.750. The standard InChI is InChI=1S/C16H27N5O/c1-11(21(3)13-4-5-13)6-18-16(22)15-9-17-8-14(15)12-7-19-20(2)10-12/h7,10-11,13-15,17H,4-6,8-9H2,1-3H3,(H,18,22)/t11?,14-,15+/m1/s1. The van der Waals surface area contributed by atoms with Crippen LogP contribution in [0.4, 0.5) is 0 Å². The molecule has 1 unspecified atom stereocenters. The van der Waals surface area contributed by atoms with Crippen molar-refractivity contribution in [2.45, 2.75) is 37.8 Å². The third-order valence-corrected chi connectivity index (χ3v) is 5.09. The van der Waals surface area contributed by atoms with E-state index in [1.165, 1.54) is 12.8 Å². The van der Waals surface area contributed by atoms with Gasteiger partial charge >= 0.3 is 0 Å². The SMILES string of the molecule is CC(CNC(=O)[C@H]1CNC[C@@H]1c1cnn(C)c1)N(C)C1CC1. The fourth-order valence-corrected chi connectivity index (χ4v) is 3.30. The van der Waals surface area contributed by atoms with E-state index in [1.54, 1.807) is 4.68 Å². The van der Waals surface area contributed by atoms with Crippen molar-refractivity contribution in [2.75, 3.05) is 26.7 Å². The third kappa shape index (κ3) is 3.33. The summed E-state index contributed by atoms with van der Waals surface area (Å²) < 4.78 is 1.80. The molecule has 1 amide bonds. The van der Waals surface area contributed by atoms with Gasteiger partial charge in [0.25, 0.3) is 0 Å². The Morgan fingerprint density at radius 3 is 2.95 bits per heavy atom. The van der Waals surface area contributed by atoms with Gasteiger partial charge in [-0.1, -0.05) is 0 Å². The van der Waals surface area contributed by atoms with E-state index in [2.05, 4.69) is 34.6 Å². The maximum absolute atomic E-state index is 12.6. The Bertz CT molecular complexity index is 524. The Kier molecular flexibility index (Phi) is 4.49. The molecular formula is C16H27N5O. The van der Waals surface area contributed by atoms with Crippen LogP contribution in [0.5, 0.6) is 0 Å². The Hall–Kier alpha value is -1.40. The minimum atomic E-state index is 0.00244. The molecule has 2 N–H and O–H groups in total. The second kappa shape index (κ2) is 6.38. The lowest BCUT2D eigenvalue weighted by molar-refractivity contribution is -0.125. The molecule has 2 aliphatic rings. The highest BCUT2D eigenvalue weighted by Crippen LogP contribution is 2.28. The van der Waals surface area contributed by atoms with Crippen LogP contribution >= 0.6 is 0 Å². The number of likely N-dealkylation sites (N-methyl/N-ethyl adjacent to an activating group) is 1. The van der Waals surface area contributed by atoms with Crippen LogP contribution in [0, 0.1) is 5.92 Å². The number of hydrogen-bond acceptors (Lipinski definition) is 4. The first kappa shape index (κ1) is 15.5. The molecule has 1 aromatic rings. The quantitative estimate of drug-likeness (QED) is 0.795. The lowest BCUT2D eigenvalue weighted by Gasteiger charge is -2.26. The van der Waals surface area contributed by atoms with E-state index in [-0.39, 0.29) is 17.7 Å². The van der Waals surface area contributed by atoms with E-state index in [4.69, 9.17) is 0 Å². The highest BCUT2D eigenvalue weighted by Gasteiger charge is 2.35. The maximum atomic E-state index is 12.6. The van der Waals surface area contributed by atoms with Crippen LogP contribution in [-0.4, -0.2) is 59.4 Å². The van der Waals surface area contributed by atoms with Crippen LogP contribution in [0.1, 0.15) is 31.2 Å². The number of carbonyl (C=O) groups is 1. The monoisotopic (exact) mass is 305 g/mol. The molecule has 0 aromatic carbocycles. The van der Waals surface area contributed by atoms with Crippen LogP contribution in [0.2, 0.25) is 0 Å². The Labute approximate surface area is 132 Å². The number of aryl methyl sites for hydroxylation is 1. The number of nitrogens with one attached hydrogen (secondary N) is 2. The van der Waals surface area contributed by atoms with Gasteiger partial charge in [0.15, 0.2) is 0 Å². The molecule has 1 saturated heterocycles. The van der Waals surface area contributed by atoms with E-state index in [0.717, 1.165) is 31.2 Å². The van der Waals surface area contributed by atoms with Crippen LogP contribution in [0.15, 0.2) is 12.4 Å². The number of amides is 1. The lowest BCUT2D eigenvalue weighted by atomic mass is 9.90. The molecule has 1 aliphatic carbocycles. The Balaban J connectivity index is 1.54. The molecule has 6 heteroatoms. The summed E-state index contributed by atoms with van der Waals surface area (Å²) in [6.07, 6.45) is 6.48. The second-order valence-electron chi connectivity index (χ2n) is 6.81. The van der Waals surface area contributed by atoms with Crippen LogP contribution < -0.4 is 10.6 Å². The van der Waals surface area contributed by atoms with E-state index < -0.39 is 0 Å². The van der Waals surface area contributed by atoms with Crippen molar-refractivity contribution < 1.29 is 4.79 Å². The van der Waals surface area contributed by atoms with Gasteiger partial charge < -0.3 is 10.6 Å². The van der Waals surface area contributed by atoms with E-state index in [0.29, 0.717) is 6.04 Å². The molecule has 6 nitrogen and oxygen atoms in total. The molecule has 1 aromatic heterocycles. The normalized spacial score (nSPS) is 26.4. The first-order valence-corrected chi connectivity index (χ1v) is 8.25. The zero-order chi connectivity index (χ0) is 15.7. The van der Waals surface area contributed by atoms with Crippen molar-refractivity contribution in [1.82, 2.24) is 25.3 Å². The minimum Gasteiger partial charge on any atom is -0.354 e. The summed E-state index contributed by atoms with van der Waals surface area (Å²) in [6, 6.07) is 1.12. The molecule has 122 valence electrons. The van der Waals surface area contributed by atoms with Gasteiger partial charge in [-0.05, 0) is 32.4 Å². The van der Waals surface area contributed by atoms with Crippen LogP contribution in [0.3, 0.4) is 0 Å². The zero-order valence-corrected chi connectivity index (χ0v) is 13.7. The average Bonchev–Trinajstić information content (AvgIpc) is 3.08. The Morgan fingerprint density at radius 1 is 1.55 bits per heavy atom. The largest absolute Gasteiger partial charge is 0.354 e. The van der Waals surface area contributed by atoms with E-state index in [9.17, 15) is 4.79 Å². The molecule has 0 spiro atoms. The first-order chi connectivity index (χ1) is 10.6. The molecule has 3 rings (SSSR count). The molecule has 1 aliphatic heterocycles. The molecule has 2 heterocycles. The van der Waals surface area contributed by atoms with Crippen LogP contribution in [-0.2, 0) is 11.8 Å². The Morgan fingerprint density at radius 2 is 2.32 bits per heavy atom. The zero-order valence-electron chi connectivity index (χ0n) is 13.7. The smallest absolute Gasteiger partial charge is 0.225 e. The van der Waals surface area contributed by atoms with Crippen molar-refractivity contribution in [3.05, 3.63) is 18.0 Å². The average molecular weight is 305 g/mol. The molecule has 3 atom stereocenters. The topological polar surface area (TPSA) is 62.2 Å².